The smallest absolute Gasteiger partial charge is 0.245 e. The van der Waals surface area contributed by atoms with Crippen LogP contribution in [0.1, 0.15) is 236 Å². The molecule has 25 heteroatoms. The van der Waals surface area contributed by atoms with Gasteiger partial charge in [0.1, 0.15) is 35.8 Å². The number of likely N-dealkylation sites (tertiary alicyclic amines) is 4. The fourth-order valence-corrected chi connectivity index (χ4v) is 20.6. The molecule has 14 atom stereocenters. The van der Waals surface area contributed by atoms with Crippen LogP contribution in [0.3, 0.4) is 0 Å². The van der Waals surface area contributed by atoms with Crippen molar-refractivity contribution in [2.24, 2.45) is 84.0 Å². The fraction of sp³-hybridized carbons (Fsp3) is 0.846. The third-order valence-corrected chi connectivity index (χ3v) is 28.6. The van der Waals surface area contributed by atoms with Gasteiger partial charge >= 0.3 is 0 Å². The number of nitrogens with zero attached hydrogens (tertiary/aromatic N) is 12. The number of carbonyl (C=O) groups excluding carboxylic acids is 8. The highest BCUT2D eigenvalue weighted by Crippen LogP contribution is 2.36. The summed E-state index contributed by atoms with van der Waals surface area (Å²) in [5.41, 5.74) is 0. The Morgan fingerprint density at radius 1 is 0.414 bits per heavy atom. The number of carbonyl (C=O) groups is 8. The van der Waals surface area contributed by atoms with Crippen LogP contribution in [-0.2, 0) is 58.2 Å². The van der Waals surface area contributed by atoms with Crippen LogP contribution < -0.4 is 21.3 Å². The minimum atomic E-state index is -0.730. The van der Waals surface area contributed by atoms with Gasteiger partial charge in [0.2, 0.25) is 47.3 Å². The number of piperazine rings is 4. The largest absolute Gasteiger partial charge is 0.349 e. The van der Waals surface area contributed by atoms with Crippen molar-refractivity contribution < 1.29 is 38.4 Å². The van der Waals surface area contributed by atoms with Crippen molar-refractivity contribution in [3.63, 3.8) is 0 Å². The number of H-pyrrole nitrogens is 1. The molecule has 8 aliphatic heterocycles. The number of hydrogen-bond acceptors (Lipinski definition) is 15. The Kier molecular flexibility index (Phi) is 35.4. The van der Waals surface area contributed by atoms with Gasteiger partial charge in [-0.05, 0) is 213 Å². The van der Waals surface area contributed by atoms with Gasteiger partial charge in [-0.1, -0.05) is 109 Å². The summed E-state index contributed by atoms with van der Waals surface area (Å²) in [6.07, 6.45) is 27.3. The molecule has 8 amide bonds. The maximum atomic E-state index is 15.6. The zero-order valence-electron chi connectivity index (χ0n) is 74.6. The van der Waals surface area contributed by atoms with Crippen LogP contribution in [0.5, 0.6) is 0 Å². The van der Waals surface area contributed by atoms with Crippen molar-refractivity contribution in [2.45, 2.75) is 286 Å². The molecule has 0 aliphatic carbocycles. The Labute approximate surface area is 698 Å². The molecule has 116 heavy (non-hydrogen) atoms. The van der Waals surface area contributed by atoms with Crippen LogP contribution in [-0.4, -0.2) is 285 Å². The van der Waals surface area contributed by atoms with Gasteiger partial charge in [-0.15, -0.1) is 0 Å². The third kappa shape index (κ3) is 25.8. The number of rotatable bonds is 40. The normalized spacial score (nSPS) is 24.5. The zero-order valence-corrected chi connectivity index (χ0v) is 74.6. The van der Waals surface area contributed by atoms with Crippen molar-refractivity contribution in [3.8, 4) is 0 Å². The van der Waals surface area contributed by atoms with Gasteiger partial charge in [-0.25, -0.2) is 9.97 Å². The van der Waals surface area contributed by atoms with Crippen molar-refractivity contribution in [2.75, 3.05) is 125 Å². The van der Waals surface area contributed by atoms with E-state index in [0.29, 0.717) is 179 Å². The Morgan fingerprint density at radius 3 is 1.19 bits per heavy atom. The molecule has 6 unspecified atom stereocenters. The van der Waals surface area contributed by atoms with Crippen LogP contribution >= 0.6 is 0 Å². The number of aromatic amines is 1. The predicted octanol–water partition coefficient (Wildman–Crippen LogP) is 9.37. The monoisotopic (exact) mass is 1620 g/mol. The average molecular weight is 1620 g/mol. The Balaban J connectivity index is 0.803. The van der Waals surface area contributed by atoms with Crippen LogP contribution in [0.15, 0.2) is 24.8 Å². The molecule has 25 nitrogen and oxygen atoms in total. The number of nitrogens with one attached hydrogen (secondary N) is 5. The van der Waals surface area contributed by atoms with Gasteiger partial charge in [0, 0.05) is 149 Å². The summed E-state index contributed by atoms with van der Waals surface area (Å²) < 4.78 is 2.07. The van der Waals surface area contributed by atoms with Crippen molar-refractivity contribution >= 4 is 47.3 Å². The second kappa shape index (κ2) is 44.5. The summed E-state index contributed by atoms with van der Waals surface area (Å²) in [6, 6.07) is -4.32. The summed E-state index contributed by atoms with van der Waals surface area (Å²) in [5.74, 6) is 5.24. The number of imidazole rings is 2. The van der Waals surface area contributed by atoms with E-state index in [0.717, 1.165) is 115 Å². The molecule has 0 saturated carbocycles. The highest BCUT2D eigenvalue weighted by Gasteiger charge is 2.47. The third-order valence-electron chi connectivity index (χ3n) is 28.6. The number of hydrogen-bond donors (Lipinski definition) is 5. The van der Waals surface area contributed by atoms with Crippen molar-refractivity contribution in [1.82, 2.24) is 84.9 Å². The Hall–Kier alpha value is -6.02. The highest BCUT2D eigenvalue weighted by molar-refractivity contribution is 5.93. The first kappa shape index (κ1) is 92.3. The van der Waals surface area contributed by atoms with Crippen molar-refractivity contribution in [1.29, 1.82) is 0 Å². The van der Waals surface area contributed by atoms with E-state index >= 15 is 24.0 Å². The molecule has 0 radical (unpaired) electrons. The predicted molar refractivity (Wildman–Crippen MR) is 458 cm³/mol. The summed E-state index contributed by atoms with van der Waals surface area (Å²) in [6.45, 7) is 36.7. The summed E-state index contributed by atoms with van der Waals surface area (Å²) in [7, 11) is 6.27. The highest BCUT2D eigenvalue weighted by atomic mass is 16.2. The topological polar surface area (TPSA) is 260 Å². The van der Waals surface area contributed by atoms with Gasteiger partial charge < -0.3 is 74.9 Å². The average Bonchev–Trinajstić information content (AvgIpc) is 0.930. The van der Waals surface area contributed by atoms with Gasteiger partial charge in [-0.3, -0.25) is 38.4 Å². The first-order chi connectivity index (χ1) is 55.5. The number of aryl methyl sites for hydroxylation is 1. The minimum absolute atomic E-state index is 0.00438. The lowest BCUT2D eigenvalue weighted by molar-refractivity contribution is -0.151. The SMILES string of the molecule is CC(C)CCC1CCN(C(=O)[C@H](CC(C)C(C)C[C@@H]2NCCN([C@@H](CC(C)C(C)C[C@@H]3NCCN([C@@H](CC(C)CCC(C)C[C@@H]4NCCN([C@@H](CC(C)C)C(=O)N5CCC(CCCN(C)C)CC5)C4=O)C(=O)N4CCC(Cc5ncc[nH]5)CC4)C3=O)C(=O)N3CCC(Cc4nccn4C)CC3)C2=O)N2CCN[C@@H](CC(C)C)C2=O)CC1. The van der Waals surface area contributed by atoms with Gasteiger partial charge in [-0.2, -0.15) is 0 Å². The maximum Gasteiger partial charge on any atom is 0.245 e. The van der Waals surface area contributed by atoms with Gasteiger partial charge in [0.15, 0.2) is 0 Å². The quantitative estimate of drug-likeness (QED) is 0.0416. The molecule has 8 fully saturated rings. The Bertz CT molecular complexity index is 3390. The van der Waals surface area contributed by atoms with E-state index in [9.17, 15) is 14.4 Å². The lowest BCUT2D eigenvalue weighted by atomic mass is 9.82. The van der Waals surface area contributed by atoms with E-state index in [2.05, 4.69) is 143 Å². The molecule has 654 valence electrons. The molecule has 10 rings (SSSR count). The van der Waals surface area contributed by atoms with Crippen molar-refractivity contribution in [3.05, 3.63) is 36.4 Å². The molecule has 8 saturated heterocycles. The summed E-state index contributed by atoms with van der Waals surface area (Å²) in [5, 5.41) is 14.3. The van der Waals surface area contributed by atoms with E-state index in [1.54, 1.807) is 6.20 Å². The number of piperidine rings is 4. The molecule has 10 heterocycles. The summed E-state index contributed by atoms with van der Waals surface area (Å²) >= 11 is 0. The lowest BCUT2D eigenvalue weighted by Crippen LogP contribution is -2.63. The zero-order chi connectivity index (χ0) is 83.4. The van der Waals surface area contributed by atoms with Crippen LogP contribution in [0.25, 0.3) is 0 Å². The first-order valence-electron chi connectivity index (χ1n) is 46.4. The van der Waals surface area contributed by atoms with E-state index in [1.807, 2.05) is 64.8 Å². The second-order valence-electron chi connectivity index (χ2n) is 39.5. The van der Waals surface area contributed by atoms with Crippen LogP contribution in [0.4, 0.5) is 0 Å². The van der Waals surface area contributed by atoms with Gasteiger partial charge in [0.05, 0.1) is 24.2 Å². The molecule has 0 aromatic carbocycles. The molecule has 0 bridgehead atoms. The van der Waals surface area contributed by atoms with E-state index in [4.69, 9.17) is 0 Å². The molecule has 5 N–H and O–H groups in total. The van der Waals surface area contributed by atoms with Crippen LogP contribution in [0.2, 0.25) is 0 Å². The van der Waals surface area contributed by atoms with E-state index < -0.39 is 42.3 Å². The molecular weight excluding hydrogens is 1460 g/mol. The van der Waals surface area contributed by atoms with Crippen LogP contribution in [0, 0.1) is 76.9 Å². The second-order valence-corrected chi connectivity index (χ2v) is 39.5. The number of aromatic nitrogens is 4. The Morgan fingerprint density at radius 2 is 0.802 bits per heavy atom. The molecule has 0 spiro atoms. The summed E-state index contributed by atoms with van der Waals surface area (Å²) in [4.78, 5) is 151. The van der Waals surface area contributed by atoms with Gasteiger partial charge in [0.25, 0.3) is 0 Å². The number of amides is 8. The molecule has 8 aliphatic rings. The lowest BCUT2D eigenvalue weighted by Gasteiger charge is -2.44. The molecular formula is C91H157N17O8. The molecule has 2 aromatic rings. The molecule has 2 aromatic heterocycles. The maximum absolute atomic E-state index is 15.6. The minimum Gasteiger partial charge on any atom is -0.349 e. The first-order valence-corrected chi connectivity index (χ1v) is 46.4. The fourth-order valence-electron chi connectivity index (χ4n) is 20.6. The standard InChI is InChI=1S/C91H157N17O8/c1-61(2)18-21-71-24-40-102(41-25-71)90(115)80(107-49-33-92-74(84(107)109)51-62(3)4)57-68(11)67(10)56-77-87(112)108(50-36-95-77)81(91(116)104-44-28-73(29-45-104)60-83-98-32-46-100(83)15)58-69(12)66(9)55-76-86(111)106(48-35-94-76)79(89(114)103-42-26-72(27-43-103)59-82-96-30-31-97-82)54-65(8)20-19-64(7)53-75-85(110)105(47-34-93-75)78(52-63(5)6)88(113)101-38-22-70(23-39-101)17-16-37-99(13)14/h30-32,46,61-81,92-95H,16-29,33-45,47-60H2,1-15H3,(H,96,97)/t64?,65?,66?,67?,68?,69?,74-,75-,76-,77-,78-,79-,80-,81-/m0/s1. The van der Waals surface area contributed by atoms with E-state index in [1.165, 1.54) is 19.3 Å². The van der Waals surface area contributed by atoms with E-state index in [-0.39, 0.29) is 94.7 Å².